The lowest BCUT2D eigenvalue weighted by Gasteiger charge is -2.23. The lowest BCUT2D eigenvalue weighted by Crippen LogP contribution is -2.55. The Labute approximate surface area is 309 Å². The highest BCUT2D eigenvalue weighted by Gasteiger charge is 2.28. The molecule has 2 heterocycles. The maximum atomic E-state index is 13.5. The van der Waals surface area contributed by atoms with Crippen LogP contribution in [0.1, 0.15) is 142 Å². The van der Waals surface area contributed by atoms with Crippen LogP contribution in [0.15, 0.2) is 12.5 Å². The summed E-state index contributed by atoms with van der Waals surface area (Å²) in [6, 6.07) is -2.12. The van der Waals surface area contributed by atoms with Gasteiger partial charge in [-0.15, -0.1) is 0 Å². The third kappa shape index (κ3) is 24.2. The number of carboxylic acids is 2. The van der Waals surface area contributed by atoms with Gasteiger partial charge in [-0.2, -0.15) is 0 Å². The highest BCUT2D eigenvalue weighted by atomic mass is 16.4. The van der Waals surface area contributed by atoms with Crippen molar-refractivity contribution in [3.63, 3.8) is 0 Å². The summed E-state index contributed by atoms with van der Waals surface area (Å²) in [6.07, 6.45) is 22.3. The molecule has 0 spiro atoms. The smallest absolute Gasteiger partial charge is 0.322 e. The topological polar surface area (TPSA) is 232 Å². The normalized spacial score (nSPS) is 14.7. The molecule has 8 N–H and O–H groups in total. The number of carbonyl (C=O) groups is 6. The predicted molar refractivity (Wildman–Crippen MR) is 198 cm³/mol. The van der Waals surface area contributed by atoms with Gasteiger partial charge in [0.1, 0.15) is 18.6 Å². The first-order valence-corrected chi connectivity index (χ1v) is 19.3. The Morgan fingerprint density at radius 2 is 1.42 bits per heavy atom. The molecule has 0 aliphatic carbocycles. The largest absolute Gasteiger partial charge is 0.481 e. The molecule has 15 nitrogen and oxygen atoms in total. The van der Waals surface area contributed by atoms with Gasteiger partial charge in [-0.25, -0.2) is 4.98 Å². The number of imidazole rings is 1. The van der Waals surface area contributed by atoms with Crippen LogP contribution in [0.4, 0.5) is 0 Å². The molecule has 4 amide bonds. The summed E-state index contributed by atoms with van der Waals surface area (Å²) in [4.78, 5) is 78.4. The van der Waals surface area contributed by atoms with Crippen molar-refractivity contribution in [2.24, 2.45) is 0 Å². The van der Waals surface area contributed by atoms with Gasteiger partial charge in [-0.3, -0.25) is 28.8 Å². The number of amides is 4. The van der Waals surface area contributed by atoms with Gasteiger partial charge in [0, 0.05) is 38.2 Å². The number of carboxylic acid groups (broad SMARTS) is 2. The molecule has 0 saturated carbocycles. The maximum absolute atomic E-state index is 13.5. The summed E-state index contributed by atoms with van der Waals surface area (Å²) in [7, 11) is 0. The number of hydrogen-bond acceptors (Lipinski definition) is 8. The van der Waals surface area contributed by atoms with Crippen LogP contribution in [0.25, 0.3) is 0 Å². The Balaban J connectivity index is 0.00000320. The summed E-state index contributed by atoms with van der Waals surface area (Å²) in [5, 5.41) is 30.4. The number of aromatic nitrogens is 2. The molecule has 52 heavy (non-hydrogen) atoms. The second-order valence-electron chi connectivity index (χ2n) is 13.5. The van der Waals surface area contributed by atoms with Crippen LogP contribution in [-0.4, -0.2) is 93.5 Å². The number of aromatic amines is 1. The third-order valence-electron chi connectivity index (χ3n) is 8.78. The molecule has 1 aromatic heterocycles. The van der Waals surface area contributed by atoms with E-state index in [-0.39, 0.29) is 24.3 Å². The first kappa shape index (κ1) is 46.0. The van der Waals surface area contributed by atoms with Gasteiger partial charge < -0.3 is 41.8 Å². The summed E-state index contributed by atoms with van der Waals surface area (Å²) < 4.78 is 0. The quantitative estimate of drug-likeness (QED) is 0.0581. The Bertz CT molecular complexity index is 1150. The lowest BCUT2D eigenvalue weighted by atomic mass is 10.0. The zero-order chi connectivity index (χ0) is 38.4. The Kier molecular flexibility index (Phi) is 26.2. The van der Waals surface area contributed by atoms with Crippen molar-refractivity contribution in [1.29, 1.82) is 0 Å². The van der Waals surface area contributed by atoms with Crippen molar-refractivity contribution >= 4 is 35.6 Å². The van der Waals surface area contributed by atoms with E-state index < -0.39 is 42.4 Å². The van der Waals surface area contributed by atoms with Crippen LogP contribution in [-0.2, 0) is 35.2 Å². The van der Waals surface area contributed by atoms with Crippen LogP contribution < -0.4 is 26.6 Å². The van der Waals surface area contributed by atoms with Gasteiger partial charge in [0.05, 0.1) is 12.4 Å². The molecule has 0 radical (unpaired) electrons. The molecule has 1 saturated heterocycles. The van der Waals surface area contributed by atoms with Crippen LogP contribution in [0.5, 0.6) is 0 Å². The van der Waals surface area contributed by atoms with Crippen LogP contribution >= 0.6 is 0 Å². The Morgan fingerprint density at radius 1 is 0.808 bits per heavy atom. The first-order valence-electron chi connectivity index (χ1n) is 19.3. The average Bonchev–Trinajstić information content (AvgIpc) is 3.83. The summed E-state index contributed by atoms with van der Waals surface area (Å²) in [6.45, 7) is 4.03. The van der Waals surface area contributed by atoms with Crippen molar-refractivity contribution in [2.75, 3.05) is 19.6 Å². The van der Waals surface area contributed by atoms with E-state index in [9.17, 15) is 24.0 Å². The fraction of sp³-hybridized carbons (Fsp3) is 0.757. The van der Waals surface area contributed by atoms with Gasteiger partial charge in [-0.05, 0) is 45.1 Å². The number of aliphatic carboxylic acids is 2. The highest BCUT2D eigenvalue weighted by molar-refractivity contribution is 5.93. The molecular formula is C37H65N7O8. The van der Waals surface area contributed by atoms with Crippen LogP contribution in [0.2, 0.25) is 0 Å². The molecule has 1 aromatic rings. The average molecular weight is 736 g/mol. The second kappa shape index (κ2) is 29.6. The van der Waals surface area contributed by atoms with E-state index in [2.05, 4.69) is 43.5 Å². The number of unbranched alkanes of at least 4 members (excludes halogenated alkanes) is 13. The lowest BCUT2D eigenvalue weighted by molar-refractivity contribution is -0.138. The van der Waals surface area contributed by atoms with E-state index in [0.717, 1.165) is 52.0 Å². The van der Waals surface area contributed by atoms with Crippen molar-refractivity contribution in [3.8, 4) is 0 Å². The minimum Gasteiger partial charge on any atom is -0.481 e. The van der Waals surface area contributed by atoms with E-state index in [1.165, 1.54) is 70.3 Å². The summed E-state index contributed by atoms with van der Waals surface area (Å²) >= 11 is 0. The number of hydrogen-bond donors (Lipinski definition) is 8. The van der Waals surface area contributed by atoms with Gasteiger partial charge in [0.15, 0.2) is 0 Å². The maximum Gasteiger partial charge on any atom is 0.322 e. The third-order valence-corrected chi connectivity index (χ3v) is 8.78. The molecule has 0 bridgehead atoms. The first-order chi connectivity index (χ1) is 25.0. The number of nitrogens with zero attached hydrogens (tertiary/aromatic N) is 1. The molecule has 15 heteroatoms. The van der Waals surface area contributed by atoms with Crippen molar-refractivity contribution < 1.29 is 39.0 Å². The standard InChI is InChI=1S/C35H61N7O6.C2H4O2/c1-2-3-4-5-6-7-8-9-10-11-12-13-14-20-31(43)41-29(18-15-16-21-38-33(46)28-19-17-22-37-28)35(48)42-30(23-27-24-36-26-40-27)34(47)39-25-32(44)45;1-2(3)4/h24,26,28-30,37H,2-23,25H2,1H3,(H,36,40)(H,38,46)(H,39,47)(H,41,43)(H,42,48)(H,44,45);1H3,(H,3,4)/t28-,29-,30-;/m0./s1. The molecule has 296 valence electrons. The zero-order valence-corrected chi connectivity index (χ0v) is 31.4. The number of rotatable bonds is 28. The summed E-state index contributed by atoms with van der Waals surface area (Å²) in [5.74, 6) is -3.46. The number of nitrogens with one attached hydrogen (secondary N) is 6. The van der Waals surface area contributed by atoms with Gasteiger partial charge in [-0.1, -0.05) is 84.0 Å². The molecule has 0 unspecified atom stereocenters. The number of carbonyl (C=O) groups excluding carboxylic acids is 4. The monoisotopic (exact) mass is 735 g/mol. The van der Waals surface area contributed by atoms with E-state index in [4.69, 9.17) is 15.0 Å². The zero-order valence-electron chi connectivity index (χ0n) is 31.4. The SMILES string of the molecule is CC(=O)O.CCCCCCCCCCCCCCCC(=O)N[C@@H](CCCCNC(=O)[C@@H]1CCCN1)C(=O)N[C@@H](Cc1cnc[nH]1)C(=O)NCC(=O)O. The molecular weight excluding hydrogens is 670 g/mol. The second-order valence-corrected chi connectivity index (χ2v) is 13.5. The summed E-state index contributed by atoms with van der Waals surface area (Å²) in [5.41, 5.74) is 0.585. The molecule has 0 aromatic carbocycles. The minimum atomic E-state index is -1.20. The minimum absolute atomic E-state index is 0.0260. The van der Waals surface area contributed by atoms with E-state index in [1.807, 2.05) is 0 Å². The van der Waals surface area contributed by atoms with Crippen molar-refractivity contribution in [3.05, 3.63) is 18.2 Å². The predicted octanol–water partition coefficient (Wildman–Crippen LogP) is 3.73. The molecule has 3 atom stereocenters. The van der Waals surface area contributed by atoms with Gasteiger partial charge in [0.25, 0.3) is 5.97 Å². The molecule has 2 rings (SSSR count). The van der Waals surface area contributed by atoms with E-state index >= 15 is 0 Å². The van der Waals surface area contributed by atoms with Crippen LogP contribution in [0, 0.1) is 0 Å². The van der Waals surface area contributed by atoms with Gasteiger partial charge in [0.2, 0.25) is 23.6 Å². The molecule has 1 aliphatic heterocycles. The Hall–Kier alpha value is -4.01. The fourth-order valence-corrected chi connectivity index (χ4v) is 5.94. The number of H-pyrrole nitrogens is 1. The molecule has 1 aliphatic rings. The van der Waals surface area contributed by atoms with Crippen molar-refractivity contribution in [2.45, 2.75) is 160 Å². The van der Waals surface area contributed by atoms with Crippen LogP contribution in [0.3, 0.4) is 0 Å². The van der Waals surface area contributed by atoms with E-state index in [1.54, 1.807) is 0 Å². The van der Waals surface area contributed by atoms with Crippen molar-refractivity contribution in [1.82, 2.24) is 36.6 Å². The van der Waals surface area contributed by atoms with E-state index in [0.29, 0.717) is 37.9 Å². The molecule has 1 fully saturated rings. The Morgan fingerprint density at radius 3 is 1.96 bits per heavy atom. The van der Waals surface area contributed by atoms with Gasteiger partial charge >= 0.3 is 5.97 Å². The fourth-order valence-electron chi connectivity index (χ4n) is 5.94. The highest BCUT2D eigenvalue weighted by Crippen LogP contribution is 2.13.